The fraction of sp³-hybridized carbons (Fsp3) is 0.267. The van der Waals surface area contributed by atoms with Gasteiger partial charge in [0, 0.05) is 4.88 Å². The van der Waals surface area contributed by atoms with Crippen LogP contribution >= 0.6 is 11.3 Å². The highest BCUT2D eigenvalue weighted by atomic mass is 32.1. The second-order valence-electron chi connectivity index (χ2n) is 5.01. The molecule has 2 aromatic heterocycles. The van der Waals surface area contributed by atoms with Gasteiger partial charge in [-0.3, -0.25) is 0 Å². The molecule has 0 aliphatic heterocycles. The van der Waals surface area contributed by atoms with Crippen LogP contribution < -0.4 is 5.32 Å². The molecule has 102 valence electrons. The second kappa shape index (κ2) is 5.54. The van der Waals surface area contributed by atoms with E-state index in [0.29, 0.717) is 11.9 Å². The molecule has 3 rings (SSSR count). The summed E-state index contributed by atoms with van der Waals surface area (Å²) in [4.78, 5) is 5.82. The Bertz CT molecular complexity index is 694. The minimum atomic E-state index is 0.206. The Hall–Kier alpha value is -2.01. The van der Waals surface area contributed by atoms with Crippen molar-refractivity contribution >= 4 is 28.3 Å². The molecule has 0 aliphatic carbocycles. The van der Waals surface area contributed by atoms with Crippen molar-refractivity contribution in [1.29, 1.82) is 0 Å². The van der Waals surface area contributed by atoms with Gasteiger partial charge in [0.2, 0.25) is 5.95 Å². The van der Waals surface area contributed by atoms with Crippen molar-refractivity contribution < 1.29 is 0 Å². The van der Waals surface area contributed by atoms with Crippen LogP contribution in [0.1, 0.15) is 24.8 Å². The van der Waals surface area contributed by atoms with Crippen LogP contribution in [0.25, 0.3) is 11.0 Å². The molecule has 0 saturated carbocycles. The van der Waals surface area contributed by atoms with E-state index < -0.39 is 0 Å². The van der Waals surface area contributed by atoms with Gasteiger partial charge in [-0.1, -0.05) is 32.0 Å². The van der Waals surface area contributed by atoms with Crippen LogP contribution in [-0.4, -0.2) is 15.2 Å². The van der Waals surface area contributed by atoms with E-state index in [1.54, 1.807) is 11.3 Å². The first kappa shape index (κ1) is 13.0. The van der Waals surface area contributed by atoms with E-state index in [-0.39, 0.29) is 6.04 Å². The SMILES string of the molecule is CC(C)C(Nc1nnc2ccccc2n1)c1cccs1. The first-order valence-electron chi connectivity index (χ1n) is 6.63. The van der Waals surface area contributed by atoms with Gasteiger partial charge in [-0.05, 0) is 29.5 Å². The molecule has 1 N–H and O–H groups in total. The zero-order valence-electron chi connectivity index (χ0n) is 11.4. The van der Waals surface area contributed by atoms with Crippen molar-refractivity contribution in [3.8, 4) is 0 Å². The zero-order valence-corrected chi connectivity index (χ0v) is 12.3. The maximum absolute atomic E-state index is 4.53. The lowest BCUT2D eigenvalue weighted by Gasteiger charge is -2.20. The van der Waals surface area contributed by atoms with E-state index in [4.69, 9.17) is 0 Å². The standard InChI is InChI=1S/C15H16N4S/c1-10(2)14(13-8-5-9-20-13)17-15-16-11-6-3-4-7-12(11)18-19-15/h3-10,14H,1-2H3,(H,16,17,19). The Morgan fingerprint density at radius 3 is 2.50 bits per heavy atom. The fourth-order valence-corrected chi connectivity index (χ4v) is 3.06. The van der Waals surface area contributed by atoms with Crippen molar-refractivity contribution in [3.63, 3.8) is 0 Å². The summed E-state index contributed by atoms with van der Waals surface area (Å²) in [5.41, 5.74) is 1.67. The Morgan fingerprint density at radius 1 is 1.00 bits per heavy atom. The van der Waals surface area contributed by atoms with Crippen LogP contribution in [0.4, 0.5) is 5.95 Å². The largest absolute Gasteiger partial charge is 0.345 e. The number of rotatable bonds is 4. The van der Waals surface area contributed by atoms with Crippen LogP contribution in [0.5, 0.6) is 0 Å². The fourth-order valence-electron chi connectivity index (χ4n) is 2.12. The van der Waals surface area contributed by atoms with Crippen molar-refractivity contribution in [1.82, 2.24) is 15.2 Å². The van der Waals surface area contributed by atoms with Crippen LogP contribution in [-0.2, 0) is 0 Å². The number of fused-ring (bicyclic) bond motifs is 1. The molecule has 0 spiro atoms. The molecule has 0 fully saturated rings. The minimum absolute atomic E-state index is 0.206. The summed E-state index contributed by atoms with van der Waals surface area (Å²) in [6.07, 6.45) is 0. The molecule has 0 radical (unpaired) electrons. The molecular weight excluding hydrogens is 268 g/mol. The lowest BCUT2D eigenvalue weighted by atomic mass is 10.0. The number of nitrogens with zero attached hydrogens (tertiary/aromatic N) is 3. The normalized spacial score (nSPS) is 12.8. The monoisotopic (exact) mass is 284 g/mol. The Kier molecular flexibility index (Phi) is 3.60. The predicted molar refractivity (Wildman–Crippen MR) is 82.9 cm³/mol. The molecule has 4 nitrogen and oxygen atoms in total. The van der Waals surface area contributed by atoms with Gasteiger partial charge in [-0.2, -0.15) is 0 Å². The van der Waals surface area contributed by atoms with Gasteiger partial charge in [0.25, 0.3) is 0 Å². The third-order valence-corrected chi connectivity index (χ3v) is 4.12. The van der Waals surface area contributed by atoms with Gasteiger partial charge < -0.3 is 5.32 Å². The maximum Gasteiger partial charge on any atom is 0.243 e. The second-order valence-corrected chi connectivity index (χ2v) is 5.98. The molecule has 0 saturated heterocycles. The molecule has 0 amide bonds. The van der Waals surface area contributed by atoms with Gasteiger partial charge in [0.1, 0.15) is 5.52 Å². The van der Waals surface area contributed by atoms with E-state index in [2.05, 4.69) is 51.9 Å². The van der Waals surface area contributed by atoms with Gasteiger partial charge in [-0.25, -0.2) is 4.98 Å². The number of hydrogen-bond acceptors (Lipinski definition) is 5. The number of anilines is 1. The lowest BCUT2D eigenvalue weighted by molar-refractivity contribution is 0.549. The molecule has 0 bridgehead atoms. The number of thiophene rings is 1. The van der Waals surface area contributed by atoms with Crippen LogP contribution in [0.3, 0.4) is 0 Å². The number of para-hydroxylation sites is 1. The van der Waals surface area contributed by atoms with Crippen molar-refractivity contribution in [2.75, 3.05) is 5.32 Å². The zero-order chi connectivity index (χ0) is 13.9. The van der Waals surface area contributed by atoms with E-state index in [9.17, 15) is 0 Å². The Balaban J connectivity index is 1.90. The summed E-state index contributed by atoms with van der Waals surface area (Å²) in [5.74, 6) is 1.03. The highest BCUT2D eigenvalue weighted by Crippen LogP contribution is 2.28. The number of hydrogen-bond donors (Lipinski definition) is 1. The summed E-state index contributed by atoms with van der Waals surface area (Å²) in [5, 5.41) is 13.9. The van der Waals surface area contributed by atoms with Gasteiger partial charge in [0.15, 0.2) is 0 Å². The number of aromatic nitrogens is 3. The molecule has 1 unspecified atom stereocenters. The van der Waals surface area contributed by atoms with Crippen LogP contribution in [0, 0.1) is 5.92 Å². The Labute approximate surface area is 121 Å². The van der Waals surface area contributed by atoms with E-state index in [1.165, 1.54) is 4.88 Å². The molecule has 1 atom stereocenters. The number of nitrogens with one attached hydrogen (secondary N) is 1. The number of benzene rings is 1. The summed E-state index contributed by atoms with van der Waals surface area (Å²) >= 11 is 1.74. The molecular formula is C15H16N4S. The van der Waals surface area contributed by atoms with Crippen molar-refractivity contribution in [3.05, 3.63) is 46.7 Å². The first-order valence-corrected chi connectivity index (χ1v) is 7.51. The van der Waals surface area contributed by atoms with Crippen molar-refractivity contribution in [2.45, 2.75) is 19.9 Å². The third kappa shape index (κ3) is 2.63. The Morgan fingerprint density at radius 2 is 1.80 bits per heavy atom. The average molecular weight is 284 g/mol. The van der Waals surface area contributed by atoms with E-state index in [1.807, 2.05) is 24.3 Å². The lowest BCUT2D eigenvalue weighted by Crippen LogP contribution is -2.17. The molecule has 5 heteroatoms. The molecule has 2 heterocycles. The predicted octanol–water partition coefficient (Wildman–Crippen LogP) is 3.90. The summed E-state index contributed by atoms with van der Waals surface area (Å²) < 4.78 is 0. The molecule has 1 aromatic carbocycles. The molecule has 20 heavy (non-hydrogen) atoms. The van der Waals surface area contributed by atoms with Gasteiger partial charge >= 0.3 is 0 Å². The molecule has 3 aromatic rings. The van der Waals surface area contributed by atoms with Crippen LogP contribution in [0.2, 0.25) is 0 Å². The highest BCUT2D eigenvalue weighted by molar-refractivity contribution is 7.10. The summed E-state index contributed by atoms with van der Waals surface area (Å²) in [6.45, 7) is 4.37. The average Bonchev–Trinajstić information content (AvgIpc) is 2.98. The minimum Gasteiger partial charge on any atom is -0.345 e. The molecule has 0 aliphatic rings. The third-order valence-electron chi connectivity index (χ3n) is 3.16. The van der Waals surface area contributed by atoms with Gasteiger partial charge in [0.05, 0.1) is 11.6 Å². The summed E-state index contributed by atoms with van der Waals surface area (Å²) in [6, 6.07) is 12.2. The first-order chi connectivity index (χ1) is 9.74. The van der Waals surface area contributed by atoms with E-state index in [0.717, 1.165) is 11.0 Å². The van der Waals surface area contributed by atoms with Crippen LogP contribution in [0.15, 0.2) is 41.8 Å². The maximum atomic E-state index is 4.53. The van der Waals surface area contributed by atoms with Crippen molar-refractivity contribution in [2.24, 2.45) is 5.92 Å². The summed E-state index contributed by atoms with van der Waals surface area (Å²) in [7, 11) is 0. The topological polar surface area (TPSA) is 50.7 Å². The smallest absolute Gasteiger partial charge is 0.243 e. The highest BCUT2D eigenvalue weighted by Gasteiger charge is 2.18. The van der Waals surface area contributed by atoms with Gasteiger partial charge in [-0.15, -0.1) is 21.5 Å². The quantitative estimate of drug-likeness (QED) is 0.789. The van der Waals surface area contributed by atoms with E-state index >= 15 is 0 Å².